The van der Waals surface area contributed by atoms with Crippen molar-refractivity contribution in [2.75, 3.05) is 13.9 Å². The molecule has 0 saturated carbocycles. The lowest BCUT2D eigenvalue weighted by atomic mass is 10.0. The molecule has 28 heavy (non-hydrogen) atoms. The SMILES string of the molecule is COC(=O)C(Cc1ccccc1)NC(=O)CCCCc1ccc2c(c1)OCO2. The molecule has 6 heteroatoms. The Morgan fingerprint density at radius 2 is 1.82 bits per heavy atom. The number of unbranched alkanes of at least 4 members (excludes halogenated alkanes) is 1. The van der Waals surface area contributed by atoms with E-state index in [1.54, 1.807) is 0 Å². The molecule has 0 saturated heterocycles. The van der Waals surface area contributed by atoms with Gasteiger partial charge in [-0.25, -0.2) is 4.79 Å². The van der Waals surface area contributed by atoms with Gasteiger partial charge in [0.1, 0.15) is 6.04 Å². The Labute approximate surface area is 164 Å². The van der Waals surface area contributed by atoms with Crippen molar-refractivity contribution < 1.29 is 23.8 Å². The highest BCUT2D eigenvalue weighted by atomic mass is 16.7. The van der Waals surface area contributed by atoms with Crippen LogP contribution in [-0.2, 0) is 27.2 Å². The van der Waals surface area contributed by atoms with Gasteiger partial charge in [-0.15, -0.1) is 0 Å². The Kier molecular flexibility index (Phi) is 6.89. The number of ether oxygens (including phenoxy) is 3. The number of nitrogens with one attached hydrogen (secondary N) is 1. The second kappa shape index (κ2) is 9.78. The van der Waals surface area contributed by atoms with E-state index in [1.165, 1.54) is 7.11 Å². The van der Waals surface area contributed by atoms with Crippen LogP contribution in [0.25, 0.3) is 0 Å². The molecule has 148 valence electrons. The van der Waals surface area contributed by atoms with Gasteiger partial charge in [-0.3, -0.25) is 4.79 Å². The molecule has 1 N–H and O–H groups in total. The number of carbonyl (C=O) groups is 2. The summed E-state index contributed by atoms with van der Waals surface area (Å²) in [7, 11) is 1.33. The van der Waals surface area contributed by atoms with E-state index in [0.717, 1.165) is 41.9 Å². The number of carbonyl (C=O) groups excluding carboxylic acids is 2. The average molecular weight is 383 g/mol. The van der Waals surface area contributed by atoms with Gasteiger partial charge in [0, 0.05) is 12.8 Å². The monoisotopic (exact) mass is 383 g/mol. The molecule has 1 unspecified atom stereocenters. The van der Waals surface area contributed by atoms with Gasteiger partial charge in [0.05, 0.1) is 7.11 Å². The minimum Gasteiger partial charge on any atom is -0.467 e. The summed E-state index contributed by atoms with van der Waals surface area (Å²) in [6.45, 7) is 0.267. The van der Waals surface area contributed by atoms with Crippen LogP contribution in [0.3, 0.4) is 0 Å². The molecule has 1 amide bonds. The fourth-order valence-electron chi connectivity index (χ4n) is 3.16. The smallest absolute Gasteiger partial charge is 0.328 e. The molecular formula is C22H25NO5. The van der Waals surface area contributed by atoms with E-state index in [9.17, 15) is 9.59 Å². The molecule has 0 aliphatic carbocycles. The van der Waals surface area contributed by atoms with Gasteiger partial charge < -0.3 is 19.5 Å². The van der Waals surface area contributed by atoms with E-state index in [1.807, 2.05) is 48.5 Å². The van der Waals surface area contributed by atoms with Crippen LogP contribution in [0.4, 0.5) is 0 Å². The van der Waals surface area contributed by atoms with Gasteiger partial charge in [0.25, 0.3) is 0 Å². The number of benzene rings is 2. The fourth-order valence-corrected chi connectivity index (χ4v) is 3.16. The van der Waals surface area contributed by atoms with Gasteiger partial charge >= 0.3 is 5.97 Å². The molecule has 6 nitrogen and oxygen atoms in total. The molecule has 0 bridgehead atoms. The quantitative estimate of drug-likeness (QED) is 0.532. The van der Waals surface area contributed by atoms with Crippen molar-refractivity contribution in [3.05, 3.63) is 59.7 Å². The standard InChI is InChI=1S/C22H25NO5/c1-26-22(25)18(13-16-7-3-2-4-8-16)23-21(24)10-6-5-9-17-11-12-19-20(14-17)28-15-27-19/h2-4,7-8,11-12,14,18H,5-6,9-10,13,15H2,1H3,(H,23,24). The first-order valence-electron chi connectivity index (χ1n) is 9.45. The number of aryl methyl sites for hydroxylation is 1. The van der Waals surface area contributed by atoms with Crippen LogP contribution in [0.1, 0.15) is 30.4 Å². The maximum Gasteiger partial charge on any atom is 0.328 e. The highest BCUT2D eigenvalue weighted by Gasteiger charge is 2.21. The molecule has 1 aliphatic rings. The second-order valence-corrected chi connectivity index (χ2v) is 6.73. The number of rotatable bonds is 9. The summed E-state index contributed by atoms with van der Waals surface area (Å²) in [5, 5.41) is 2.80. The van der Waals surface area contributed by atoms with Crippen molar-refractivity contribution in [3.63, 3.8) is 0 Å². The molecule has 0 spiro atoms. The first kappa shape index (κ1) is 19.7. The van der Waals surface area contributed by atoms with Gasteiger partial charge in [-0.2, -0.15) is 0 Å². The van der Waals surface area contributed by atoms with E-state index in [0.29, 0.717) is 12.8 Å². The molecule has 1 aliphatic heterocycles. The Morgan fingerprint density at radius 3 is 2.61 bits per heavy atom. The summed E-state index contributed by atoms with van der Waals surface area (Å²) in [6.07, 6.45) is 3.24. The van der Waals surface area contributed by atoms with Crippen molar-refractivity contribution in [1.29, 1.82) is 0 Å². The molecule has 0 aromatic heterocycles. The zero-order valence-electron chi connectivity index (χ0n) is 16.0. The lowest BCUT2D eigenvalue weighted by molar-refractivity contribution is -0.145. The summed E-state index contributed by atoms with van der Waals surface area (Å²) in [4.78, 5) is 24.3. The third-order valence-electron chi connectivity index (χ3n) is 4.66. The topological polar surface area (TPSA) is 73.9 Å². The van der Waals surface area contributed by atoms with E-state index >= 15 is 0 Å². The predicted molar refractivity (Wildman–Crippen MR) is 104 cm³/mol. The van der Waals surface area contributed by atoms with Crippen molar-refractivity contribution in [2.24, 2.45) is 0 Å². The van der Waals surface area contributed by atoms with E-state index in [2.05, 4.69) is 5.32 Å². The fraction of sp³-hybridized carbons (Fsp3) is 0.364. The maximum atomic E-state index is 12.3. The summed E-state index contributed by atoms with van der Waals surface area (Å²) in [5.74, 6) is 0.974. The number of hydrogen-bond acceptors (Lipinski definition) is 5. The van der Waals surface area contributed by atoms with Gasteiger partial charge in [-0.05, 0) is 42.5 Å². The molecule has 3 rings (SSSR count). The van der Waals surface area contributed by atoms with Crippen molar-refractivity contribution >= 4 is 11.9 Å². The van der Waals surface area contributed by atoms with E-state index < -0.39 is 12.0 Å². The summed E-state index contributed by atoms with van der Waals surface area (Å²) >= 11 is 0. The molecule has 1 atom stereocenters. The van der Waals surface area contributed by atoms with Crippen molar-refractivity contribution in [1.82, 2.24) is 5.32 Å². The Bertz CT molecular complexity index is 806. The number of hydrogen-bond donors (Lipinski definition) is 1. The minimum absolute atomic E-state index is 0.142. The summed E-state index contributed by atoms with van der Waals surface area (Å²) in [6, 6.07) is 14.8. The molecule has 0 radical (unpaired) electrons. The maximum absolute atomic E-state index is 12.3. The Balaban J connectivity index is 1.43. The third kappa shape index (κ3) is 5.49. The molecule has 2 aromatic rings. The van der Waals surface area contributed by atoms with Gasteiger partial charge in [0.2, 0.25) is 12.7 Å². The van der Waals surface area contributed by atoms with E-state index in [4.69, 9.17) is 14.2 Å². The predicted octanol–water partition coefficient (Wildman–Crippen LogP) is 3.03. The number of fused-ring (bicyclic) bond motifs is 1. The Morgan fingerprint density at radius 1 is 1.04 bits per heavy atom. The summed E-state index contributed by atoms with van der Waals surface area (Å²) < 4.78 is 15.5. The van der Waals surface area contributed by atoms with Gasteiger partial charge in [0.15, 0.2) is 11.5 Å². The zero-order chi connectivity index (χ0) is 19.8. The largest absolute Gasteiger partial charge is 0.467 e. The van der Waals surface area contributed by atoms with Crippen molar-refractivity contribution in [3.8, 4) is 11.5 Å². The zero-order valence-corrected chi connectivity index (χ0v) is 16.0. The number of amides is 1. The third-order valence-corrected chi connectivity index (χ3v) is 4.66. The Hall–Kier alpha value is -3.02. The average Bonchev–Trinajstić information content (AvgIpc) is 3.19. The van der Waals surface area contributed by atoms with Crippen LogP contribution in [0.5, 0.6) is 11.5 Å². The number of methoxy groups -OCH3 is 1. The van der Waals surface area contributed by atoms with Crippen molar-refractivity contribution in [2.45, 2.75) is 38.1 Å². The first-order valence-corrected chi connectivity index (χ1v) is 9.45. The molecular weight excluding hydrogens is 358 g/mol. The highest BCUT2D eigenvalue weighted by molar-refractivity contribution is 5.84. The van der Waals surface area contributed by atoms with Crippen LogP contribution in [-0.4, -0.2) is 31.8 Å². The number of esters is 1. The lowest BCUT2D eigenvalue weighted by Crippen LogP contribution is -2.43. The van der Waals surface area contributed by atoms with Gasteiger partial charge in [-0.1, -0.05) is 36.4 Å². The van der Waals surface area contributed by atoms with Crippen LogP contribution >= 0.6 is 0 Å². The molecule has 2 aromatic carbocycles. The summed E-state index contributed by atoms with van der Waals surface area (Å²) in [5.41, 5.74) is 2.13. The van der Waals surface area contributed by atoms with Crippen LogP contribution < -0.4 is 14.8 Å². The second-order valence-electron chi connectivity index (χ2n) is 6.73. The van der Waals surface area contributed by atoms with Crippen LogP contribution in [0, 0.1) is 0 Å². The normalized spacial score (nSPS) is 13.0. The van der Waals surface area contributed by atoms with Crippen LogP contribution in [0.15, 0.2) is 48.5 Å². The highest BCUT2D eigenvalue weighted by Crippen LogP contribution is 2.32. The molecule has 1 heterocycles. The minimum atomic E-state index is -0.672. The lowest BCUT2D eigenvalue weighted by Gasteiger charge is -2.16. The first-order chi connectivity index (χ1) is 13.7. The molecule has 0 fully saturated rings. The van der Waals surface area contributed by atoms with E-state index in [-0.39, 0.29) is 12.7 Å². The van der Waals surface area contributed by atoms with Crippen LogP contribution in [0.2, 0.25) is 0 Å².